The van der Waals surface area contributed by atoms with Gasteiger partial charge in [0.15, 0.2) is 5.13 Å². The van der Waals surface area contributed by atoms with Crippen molar-refractivity contribution in [1.82, 2.24) is 4.98 Å². The van der Waals surface area contributed by atoms with Gasteiger partial charge in [-0.2, -0.15) is 0 Å². The van der Waals surface area contributed by atoms with E-state index in [1.54, 1.807) is 11.3 Å². The van der Waals surface area contributed by atoms with Crippen molar-refractivity contribution >= 4 is 48.8 Å². The van der Waals surface area contributed by atoms with Crippen LogP contribution >= 0.6 is 11.3 Å². The molecular formula is C41H28N2S. The van der Waals surface area contributed by atoms with E-state index in [2.05, 4.69) is 175 Å². The number of hydrogen-bond acceptors (Lipinski definition) is 3. The molecule has 0 aliphatic heterocycles. The molecule has 8 aromatic rings. The second-order valence-corrected chi connectivity index (χ2v) is 11.9. The Morgan fingerprint density at radius 3 is 1.55 bits per heavy atom. The molecular weight excluding hydrogens is 553 g/mol. The maximum Gasteiger partial charge on any atom is 0.195 e. The molecule has 0 aliphatic carbocycles. The van der Waals surface area contributed by atoms with Crippen LogP contribution in [0.4, 0.5) is 16.5 Å². The van der Waals surface area contributed by atoms with Crippen molar-refractivity contribution in [3.05, 3.63) is 170 Å². The number of thiazole rings is 1. The molecule has 0 saturated carbocycles. The Morgan fingerprint density at radius 2 is 0.909 bits per heavy atom. The number of fused-ring (bicyclic) bond motifs is 3. The Labute approximate surface area is 261 Å². The Hall–Kier alpha value is -5.51. The lowest BCUT2D eigenvalue weighted by Gasteiger charge is -2.23. The summed E-state index contributed by atoms with van der Waals surface area (Å²) in [6.07, 6.45) is 0. The van der Waals surface area contributed by atoms with Crippen molar-refractivity contribution in [3.8, 4) is 33.4 Å². The highest BCUT2D eigenvalue weighted by molar-refractivity contribution is 7.23. The van der Waals surface area contributed by atoms with Gasteiger partial charge in [-0.25, -0.2) is 4.98 Å². The van der Waals surface area contributed by atoms with E-state index in [-0.39, 0.29) is 0 Å². The molecule has 3 heteroatoms. The average Bonchev–Trinajstić information content (AvgIpc) is 3.54. The van der Waals surface area contributed by atoms with E-state index < -0.39 is 0 Å². The van der Waals surface area contributed by atoms with Gasteiger partial charge in [0.2, 0.25) is 0 Å². The largest absolute Gasteiger partial charge is 0.286 e. The summed E-state index contributed by atoms with van der Waals surface area (Å²) < 4.78 is 1.21. The zero-order valence-electron chi connectivity index (χ0n) is 24.0. The Kier molecular flexibility index (Phi) is 6.71. The van der Waals surface area contributed by atoms with E-state index >= 15 is 0 Å². The highest BCUT2D eigenvalue weighted by atomic mass is 32.1. The SMILES string of the molecule is c1ccc(-c2ccc(N(c3ccc(-c4cccc(-c5ccccc5)c4)cc3)c3nc4ccc5ccccc5c4s3)cc2)cc1. The first-order chi connectivity index (χ1) is 21.8. The van der Waals surface area contributed by atoms with Crippen LogP contribution in [0.1, 0.15) is 0 Å². The second-order valence-electron chi connectivity index (χ2n) is 10.9. The first-order valence-electron chi connectivity index (χ1n) is 14.8. The minimum Gasteiger partial charge on any atom is -0.286 e. The van der Waals surface area contributed by atoms with Crippen molar-refractivity contribution in [3.63, 3.8) is 0 Å². The van der Waals surface area contributed by atoms with Crippen LogP contribution in [-0.4, -0.2) is 4.98 Å². The minimum atomic E-state index is 0.947. The number of anilines is 3. The predicted molar refractivity (Wildman–Crippen MR) is 188 cm³/mol. The van der Waals surface area contributed by atoms with Crippen LogP contribution in [0.15, 0.2) is 170 Å². The topological polar surface area (TPSA) is 16.1 Å². The minimum absolute atomic E-state index is 0.947. The molecule has 1 aromatic heterocycles. The average molecular weight is 581 g/mol. The van der Waals surface area contributed by atoms with Crippen LogP contribution in [0.25, 0.3) is 54.4 Å². The number of aromatic nitrogens is 1. The normalized spacial score (nSPS) is 11.2. The predicted octanol–water partition coefficient (Wildman–Crippen LogP) is 11.9. The molecule has 0 aliphatic rings. The van der Waals surface area contributed by atoms with E-state index in [1.165, 1.54) is 48.9 Å². The van der Waals surface area contributed by atoms with Gasteiger partial charge in [-0.05, 0) is 75.2 Å². The monoisotopic (exact) mass is 580 g/mol. The van der Waals surface area contributed by atoms with E-state index in [0.717, 1.165) is 22.0 Å². The highest BCUT2D eigenvalue weighted by Gasteiger charge is 2.18. The van der Waals surface area contributed by atoms with Gasteiger partial charge in [-0.1, -0.05) is 145 Å². The molecule has 0 radical (unpaired) electrons. The van der Waals surface area contributed by atoms with Gasteiger partial charge in [-0.3, -0.25) is 4.90 Å². The van der Waals surface area contributed by atoms with Gasteiger partial charge in [0, 0.05) is 16.8 Å². The van der Waals surface area contributed by atoms with Crippen molar-refractivity contribution in [2.45, 2.75) is 0 Å². The lowest BCUT2D eigenvalue weighted by Crippen LogP contribution is -2.09. The standard InChI is InChI=1S/C41H28N2S/c1-3-10-29(11-4-1)31-18-23-36(24-19-31)43(41-42-39-27-22-33-14-7-8-17-38(33)40(39)44-41)37-25-20-32(21-26-37)35-16-9-15-34(28-35)30-12-5-2-6-13-30/h1-28H. The third-order valence-corrected chi connectivity index (χ3v) is 9.21. The molecule has 1 heterocycles. The summed E-state index contributed by atoms with van der Waals surface area (Å²) in [4.78, 5) is 7.44. The summed E-state index contributed by atoms with van der Waals surface area (Å²) in [5, 5.41) is 3.42. The smallest absolute Gasteiger partial charge is 0.195 e. The van der Waals surface area contributed by atoms with Gasteiger partial charge < -0.3 is 0 Å². The zero-order chi connectivity index (χ0) is 29.3. The molecule has 7 aromatic carbocycles. The molecule has 2 nitrogen and oxygen atoms in total. The molecule has 0 atom stereocenters. The lowest BCUT2D eigenvalue weighted by molar-refractivity contribution is 1.25. The maximum absolute atomic E-state index is 5.17. The zero-order valence-corrected chi connectivity index (χ0v) is 24.8. The van der Waals surface area contributed by atoms with Crippen LogP contribution in [0.2, 0.25) is 0 Å². The quantitative estimate of drug-likeness (QED) is 0.194. The molecule has 0 unspecified atom stereocenters. The molecule has 0 N–H and O–H groups in total. The van der Waals surface area contributed by atoms with Crippen LogP contribution < -0.4 is 4.90 Å². The molecule has 0 amide bonds. The van der Waals surface area contributed by atoms with Gasteiger partial charge in [0.1, 0.15) is 0 Å². The Morgan fingerprint density at radius 1 is 0.409 bits per heavy atom. The van der Waals surface area contributed by atoms with E-state index in [0.29, 0.717) is 0 Å². The molecule has 44 heavy (non-hydrogen) atoms. The fourth-order valence-corrected chi connectivity index (χ4v) is 7.00. The van der Waals surface area contributed by atoms with Crippen LogP contribution in [0.3, 0.4) is 0 Å². The van der Waals surface area contributed by atoms with E-state index in [4.69, 9.17) is 4.98 Å². The third kappa shape index (κ3) is 4.94. The second kappa shape index (κ2) is 11.3. The Balaban J connectivity index is 1.21. The van der Waals surface area contributed by atoms with Crippen LogP contribution in [-0.2, 0) is 0 Å². The van der Waals surface area contributed by atoms with Crippen molar-refractivity contribution in [2.24, 2.45) is 0 Å². The highest BCUT2D eigenvalue weighted by Crippen LogP contribution is 2.42. The molecule has 8 rings (SSSR count). The maximum atomic E-state index is 5.17. The van der Waals surface area contributed by atoms with Crippen molar-refractivity contribution in [2.75, 3.05) is 4.90 Å². The van der Waals surface area contributed by atoms with Gasteiger partial charge in [0.25, 0.3) is 0 Å². The molecule has 0 fully saturated rings. The number of hydrogen-bond donors (Lipinski definition) is 0. The number of rotatable bonds is 6. The summed E-state index contributed by atoms with van der Waals surface area (Å²) >= 11 is 1.74. The first-order valence-corrected chi connectivity index (χ1v) is 15.6. The summed E-state index contributed by atoms with van der Waals surface area (Å²) in [5.74, 6) is 0. The van der Waals surface area contributed by atoms with Crippen LogP contribution in [0.5, 0.6) is 0 Å². The van der Waals surface area contributed by atoms with Crippen molar-refractivity contribution < 1.29 is 0 Å². The summed E-state index contributed by atoms with van der Waals surface area (Å²) in [6.45, 7) is 0. The van der Waals surface area contributed by atoms with Gasteiger partial charge in [0.05, 0.1) is 10.2 Å². The summed E-state index contributed by atoms with van der Waals surface area (Å²) in [6, 6.07) is 60.3. The van der Waals surface area contributed by atoms with Gasteiger partial charge >= 0.3 is 0 Å². The van der Waals surface area contributed by atoms with E-state index in [1.807, 2.05) is 0 Å². The number of benzene rings is 7. The third-order valence-electron chi connectivity index (χ3n) is 8.12. The molecule has 208 valence electrons. The fraction of sp³-hybridized carbons (Fsp3) is 0. The Bertz CT molecular complexity index is 2200. The molecule has 0 bridgehead atoms. The first kappa shape index (κ1) is 26.1. The van der Waals surface area contributed by atoms with E-state index in [9.17, 15) is 0 Å². The summed E-state index contributed by atoms with van der Waals surface area (Å²) in [5.41, 5.74) is 10.4. The molecule has 0 spiro atoms. The lowest BCUT2D eigenvalue weighted by atomic mass is 9.99. The number of nitrogens with zero attached hydrogens (tertiary/aromatic N) is 2. The van der Waals surface area contributed by atoms with Gasteiger partial charge in [-0.15, -0.1) is 0 Å². The summed E-state index contributed by atoms with van der Waals surface area (Å²) in [7, 11) is 0. The fourth-order valence-electron chi connectivity index (χ4n) is 5.85. The van der Waals surface area contributed by atoms with Crippen LogP contribution in [0, 0.1) is 0 Å². The molecule has 0 saturated heterocycles. The van der Waals surface area contributed by atoms with Crippen molar-refractivity contribution in [1.29, 1.82) is 0 Å².